The molecule has 0 radical (unpaired) electrons. The van der Waals surface area contributed by atoms with Crippen LogP contribution >= 0.6 is 11.3 Å². The quantitative estimate of drug-likeness (QED) is 0.734. The van der Waals surface area contributed by atoms with Gasteiger partial charge >= 0.3 is 5.97 Å². The molecule has 17 heavy (non-hydrogen) atoms. The van der Waals surface area contributed by atoms with Gasteiger partial charge in [0.05, 0.1) is 18.7 Å². The lowest BCUT2D eigenvalue weighted by Crippen LogP contribution is -2.15. The third kappa shape index (κ3) is 4.54. The summed E-state index contributed by atoms with van der Waals surface area (Å²) in [5.41, 5.74) is 0.350. The zero-order chi connectivity index (χ0) is 12.7. The van der Waals surface area contributed by atoms with Gasteiger partial charge in [0.25, 0.3) is 0 Å². The Morgan fingerprint density at radius 3 is 2.88 bits per heavy atom. The van der Waals surface area contributed by atoms with Gasteiger partial charge in [0.2, 0.25) is 5.91 Å². The highest BCUT2D eigenvalue weighted by molar-refractivity contribution is 7.12. The van der Waals surface area contributed by atoms with Crippen molar-refractivity contribution in [3.05, 3.63) is 16.3 Å². The first-order valence-electron chi connectivity index (χ1n) is 5.33. The zero-order valence-electron chi connectivity index (χ0n) is 9.56. The van der Waals surface area contributed by atoms with Crippen molar-refractivity contribution < 1.29 is 19.4 Å². The number of carbonyl (C=O) groups is 2. The molecular weight excluding hydrogens is 242 g/mol. The number of hydrogen-bond acceptors (Lipinski definition) is 4. The van der Waals surface area contributed by atoms with Gasteiger partial charge in [-0.05, 0) is 17.9 Å². The van der Waals surface area contributed by atoms with Crippen LogP contribution in [0, 0.1) is 0 Å². The molecule has 0 atom stereocenters. The highest BCUT2D eigenvalue weighted by Gasteiger charge is 2.13. The number of anilines is 1. The molecule has 0 aliphatic rings. The molecule has 1 aromatic heterocycles. The largest absolute Gasteiger partial charge is 0.477 e. The zero-order valence-corrected chi connectivity index (χ0v) is 10.4. The van der Waals surface area contributed by atoms with Crippen LogP contribution in [-0.4, -0.2) is 30.2 Å². The third-order valence-corrected chi connectivity index (χ3v) is 2.86. The van der Waals surface area contributed by atoms with Crippen molar-refractivity contribution in [2.24, 2.45) is 0 Å². The predicted octanol–water partition coefficient (Wildman–Crippen LogP) is 2.20. The van der Waals surface area contributed by atoms with Gasteiger partial charge in [-0.3, -0.25) is 4.79 Å². The molecule has 0 aliphatic heterocycles. The van der Waals surface area contributed by atoms with Crippen LogP contribution in [0.2, 0.25) is 0 Å². The molecule has 1 aromatic rings. The van der Waals surface area contributed by atoms with Crippen LogP contribution < -0.4 is 5.32 Å². The molecule has 0 bridgehead atoms. The summed E-state index contributed by atoms with van der Waals surface area (Å²) >= 11 is 1.09. The number of thiophene rings is 1. The Morgan fingerprint density at radius 2 is 2.24 bits per heavy atom. The maximum atomic E-state index is 11.5. The molecule has 0 aliphatic carbocycles. The SMILES string of the molecule is CCCOCCC(=O)Nc1ccsc1C(=O)O. The molecule has 2 N–H and O–H groups in total. The number of hydrogen-bond donors (Lipinski definition) is 2. The average Bonchev–Trinajstić information content (AvgIpc) is 2.72. The van der Waals surface area contributed by atoms with Gasteiger partial charge in [0.1, 0.15) is 4.88 Å². The number of amides is 1. The van der Waals surface area contributed by atoms with Crippen LogP contribution in [0.5, 0.6) is 0 Å². The second kappa shape index (κ2) is 7.03. The lowest BCUT2D eigenvalue weighted by molar-refractivity contribution is -0.117. The summed E-state index contributed by atoms with van der Waals surface area (Å²) in [6.45, 7) is 2.98. The topological polar surface area (TPSA) is 75.6 Å². The lowest BCUT2D eigenvalue weighted by atomic mass is 10.3. The van der Waals surface area contributed by atoms with E-state index in [2.05, 4.69) is 5.32 Å². The maximum absolute atomic E-state index is 11.5. The molecule has 1 heterocycles. The molecule has 1 rings (SSSR count). The monoisotopic (exact) mass is 257 g/mol. The van der Waals surface area contributed by atoms with Crippen molar-refractivity contribution >= 4 is 28.9 Å². The molecule has 0 aromatic carbocycles. The predicted molar refractivity (Wildman–Crippen MR) is 65.6 cm³/mol. The number of carboxylic acid groups (broad SMARTS) is 1. The fourth-order valence-electron chi connectivity index (χ4n) is 1.20. The fourth-order valence-corrected chi connectivity index (χ4v) is 1.88. The van der Waals surface area contributed by atoms with Gasteiger partial charge in [-0.25, -0.2) is 4.79 Å². The van der Waals surface area contributed by atoms with Gasteiger partial charge in [0, 0.05) is 6.61 Å². The van der Waals surface area contributed by atoms with Gasteiger partial charge in [-0.1, -0.05) is 6.92 Å². The lowest BCUT2D eigenvalue weighted by Gasteiger charge is -2.04. The molecule has 0 saturated heterocycles. The van der Waals surface area contributed by atoms with E-state index in [1.807, 2.05) is 6.92 Å². The summed E-state index contributed by atoms with van der Waals surface area (Å²) in [5.74, 6) is -1.26. The van der Waals surface area contributed by atoms with Gasteiger partial charge in [-0.2, -0.15) is 0 Å². The third-order valence-electron chi connectivity index (χ3n) is 1.96. The Labute approximate surface area is 103 Å². The van der Waals surface area contributed by atoms with Gasteiger partial charge < -0.3 is 15.2 Å². The highest BCUT2D eigenvalue weighted by Crippen LogP contribution is 2.22. The number of aromatic carboxylic acids is 1. The van der Waals surface area contributed by atoms with Crippen molar-refractivity contribution in [2.75, 3.05) is 18.5 Å². The van der Waals surface area contributed by atoms with Crippen LogP contribution in [0.1, 0.15) is 29.4 Å². The van der Waals surface area contributed by atoms with Crippen LogP contribution in [0.15, 0.2) is 11.4 Å². The van der Waals surface area contributed by atoms with E-state index >= 15 is 0 Å². The number of ether oxygens (including phenoxy) is 1. The summed E-state index contributed by atoms with van der Waals surface area (Å²) < 4.78 is 5.18. The summed E-state index contributed by atoms with van der Waals surface area (Å²) in [4.78, 5) is 22.4. The van der Waals surface area contributed by atoms with E-state index in [9.17, 15) is 9.59 Å². The Bertz CT molecular complexity index is 389. The number of rotatable bonds is 7. The molecule has 0 saturated carbocycles. The molecule has 0 fully saturated rings. The van der Waals surface area contributed by atoms with Crippen molar-refractivity contribution in [1.82, 2.24) is 0 Å². The molecule has 6 heteroatoms. The number of nitrogens with one attached hydrogen (secondary N) is 1. The van der Waals surface area contributed by atoms with Gasteiger partial charge in [-0.15, -0.1) is 11.3 Å². The summed E-state index contributed by atoms with van der Waals surface area (Å²) in [6.07, 6.45) is 1.14. The second-order valence-electron chi connectivity index (χ2n) is 3.38. The Kier molecular flexibility index (Phi) is 5.65. The van der Waals surface area contributed by atoms with E-state index in [-0.39, 0.29) is 17.2 Å². The Balaban J connectivity index is 2.40. The van der Waals surface area contributed by atoms with E-state index < -0.39 is 5.97 Å². The van der Waals surface area contributed by atoms with E-state index in [0.717, 1.165) is 17.8 Å². The van der Waals surface area contributed by atoms with Crippen molar-refractivity contribution in [3.8, 4) is 0 Å². The van der Waals surface area contributed by atoms with E-state index in [4.69, 9.17) is 9.84 Å². The minimum atomic E-state index is -1.03. The van der Waals surface area contributed by atoms with Crippen molar-refractivity contribution in [1.29, 1.82) is 0 Å². The van der Waals surface area contributed by atoms with Crippen LogP contribution in [0.25, 0.3) is 0 Å². The molecular formula is C11H15NO4S. The van der Waals surface area contributed by atoms with E-state index in [1.54, 1.807) is 11.4 Å². The molecule has 0 unspecified atom stereocenters. The summed E-state index contributed by atoms with van der Waals surface area (Å²) in [7, 11) is 0. The van der Waals surface area contributed by atoms with Crippen LogP contribution in [-0.2, 0) is 9.53 Å². The van der Waals surface area contributed by atoms with Crippen molar-refractivity contribution in [3.63, 3.8) is 0 Å². The maximum Gasteiger partial charge on any atom is 0.348 e. The highest BCUT2D eigenvalue weighted by atomic mass is 32.1. The fraction of sp³-hybridized carbons (Fsp3) is 0.455. The van der Waals surface area contributed by atoms with Crippen LogP contribution in [0.4, 0.5) is 5.69 Å². The Morgan fingerprint density at radius 1 is 1.47 bits per heavy atom. The molecule has 1 amide bonds. The molecule has 0 spiro atoms. The molecule has 5 nitrogen and oxygen atoms in total. The minimum Gasteiger partial charge on any atom is -0.477 e. The van der Waals surface area contributed by atoms with Crippen molar-refractivity contribution in [2.45, 2.75) is 19.8 Å². The second-order valence-corrected chi connectivity index (χ2v) is 4.30. The first-order chi connectivity index (χ1) is 8.15. The Hall–Kier alpha value is -1.40. The molecule has 94 valence electrons. The van der Waals surface area contributed by atoms with Gasteiger partial charge in [0.15, 0.2) is 0 Å². The number of carbonyl (C=O) groups excluding carboxylic acids is 1. The minimum absolute atomic E-state index is 0.146. The number of carboxylic acids is 1. The first-order valence-corrected chi connectivity index (χ1v) is 6.21. The normalized spacial score (nSPS) is 10.2. The van der Waals surface area contributed by atoms with E-state index in [1.165, 1.54) is 0 Å². The summed E-state index contributed by atoms with van der Waals surface area (Å²) in [5, 5.41) is 13.0. The smallest absolute Gasteiger partial charge is 0.348 e. The standard InChI is InChI=1S/C11H15NO4S/c1-2-5-16-6-3-9(13)12-8-4-7-17-10(8)11(14)15/h4,7H,2-3,5-6H2,1H3,(H,12,13)(H,14,15). The average molecular weight is 257 g/mol. The summed E-state index contributed by atoms with van der Waals surface area (Å²) in [6, 6.07) is 1.58. The first kappa shape index (κ1) is 13.7. The van der Waals surface area contributed by atoms with E-state index in [0.29, 0.717) is 18.9 Å². The van der Waals surface area contributed by atoms with Crippen LogP contribution in [0.3, 0.4) is 0 Å².